The summed E-state index contributed by atoms with van der Waals surface area (Å²) in [5, 5.41) is 0. The van der Waals surface area contributed by atoms with Gasteiger partial charge in [-0.05, 0) is 19.1 Å². The normalized spacial score (nSPS) is 10.4. The molecule has 0 saturated carbocycles. The number of aryl methyl sites for hydroxylation is 1. The van der Waals surface area contributed by atoms with Gasteiger partial charge in [0, 0.05) is 17.5 Å². The Morgan fingerprint density at radius 1 is 1.29 bits per heavy atom. The molecule has 0 amide bonds. The van der Waals surface area contributed by atoms with E-state index in [2.05, 4.69) is 9.97 Å². The van der Waals surface area contributed by atoms with E-state index in [-0.39, 0.29) is 0 Å². The Balaban J connectivity index is 2.49. The molecule has 0 radical (unpaired) electrons. The lowest BCUT2D eigenvalue weighted by Gasteiger charge is -1.99. The zero-order chi connectivity index (χ0) is 10.1. The van der Waals surface area contributed by atoms with E-state index < -0.39 is 0 Å². The van der Waals surface area contributed by atoms with Crippen molar-refractivity contribution in [1.29, 1.82) is 0 Å². The molecule has 2 aromatic rings. The zero-order valence-electron chi connectivity index (χ0n) is 7.81. The van der Waals surface area contributed by atoms with E-state index in [1.54, 1.807) is 6.20 Å². The second-order valence-corrected chi connectivity index (χ2v) is 3.07. The minimum atomic E-state index is 0.440. The van der Waals surface area contributed by atoms with Crippen LogP contribution < -0.4 is 11.6 Å². The molecule has 0 aliphatic heterocycles. The summed E-state index contributed by atoms with van der Waals surface area (Å²) in [7, 11) is 0. The van der Waals surface area contributed by atoms with Crippen LogP contribution in [-0.2, 0) is 0 Å². The van der Waals surface area contributed by atoms with Gasteiger partial charge < -0.3 is 11.6 Å². The highest BCUT2D eigenvalue weighted by Crippen LogP contribution is 2.21. The third-order valence-electron chi connectivity index (χ3n) is 2.02. The van der Waals surface area contributed by atoms with Crippen LogP contribution in [0.3, 0.4) is 0 Å². The standard InChI is InChI=1S/C9H11N5/c1-6-2-3-7(4-12-6)8-9(10)14(11)5-13-8/h2-5H,10-11H2,1H3. The van der Waals surface area contributed by atoms with Gasteiger partial charge in [-0.25, -0.2) is 9.66 Å². The van der Waals surface area contributed by atoms with Gasteiger partial charge in [0.1, 0.15) is 12.0 Å². The fourth-order valence-electron chi connectivity index (χ4n) is 1.20. The summed E-state index contributed by atoms with van der Waals surface area (Å²) in [6.07, 6.45) is 3.21. The lowest BCUT2D eigenvalue weighted by molar-refractivity contribution is 1.01. The SMILES string of the molecule is Cc1ccc(-c2ncn(N)c2N)cn1. The molecule has 0 aliphatic carbocycles. The topological polar surface area (TPSA) is 82.8 Å². The predicted molar refractivity (Wildman–Crippen MR) is 54.8 cm³/mol. The summed E-state index contributed by atoms with van der Waals surface area (Å²) >= 11 is 0. The van der Waals surface area contributed by atoms with Gasteiger partial charge >= 0.3 is 0 Å². The molecule has 2 heterocycles. The molecular formula is C9H11N5. The highest BCUT2D eigenvalue weighted by atomic mass is 15.3. The van der Waals surface area contributed by atoms with Crippen LogP contribution in [0, 0.1) is 6.92 Å². The first-order valence-corrected chi connectivity index (χ1v) is 4.19. The Morgan fingerprint density at radius 3 is 2.57 bits per heavy atom. The number of hydrogen-bond acceptors (Lipinski definition) is 4. The van der Waals surface area contributed by atoms with Gasteiger partial charge in [-0.15, -0.1) is 0 Å². The molecule has 2 aromatic heterocycles. The number of nitrogens with two attached hydrogens (primary N) is 2. The van der Waals surface area contributed by atoms with E-state index in [4.69, 9.17) is 11.6 Å². The van der Waals surface area contributed by atoms with Crippen LogP contribution in [0.15, 0.2) is 24.7 Å². The Kier molecular flexibility index (Phi) is 1.85. The van der Waals surface area contributed by atoms with Crippen molar-refractivity contribution in [2.75, 3.05) is 11.6 Å². The van der Waals surface area contributed by atoms with Crippen LogP contribution in [0.2, 0.25) is 0 Å². The molecule has 0 aliphatic rings. The molecule has 0 fully saturated rings. The van der Waals surface area contributed by atoms with Crippen molar-refractivity contribution in [2.45, 2.75) is 6.92 Å². The van der Waals surface area contributed by atoms with E-state index in [9.17, 15) is 0 Å². The van der Waals surface area contributed by atoms with Crippen LogP contribution in [0.4, 0.5) is 5.82 Å². The number of anilines is 1. The fourth-order valence-corrected chi connectivity index (χ4v) is 1.20. The average Bonchev–Trinajstić information content (AvgIpc) is 2.50. The van der Waals surface area contributed by atoms with Gasteiger partial charge in [0.05, 0.1) is 0 Å². The van der Waals surface area contributed by atoms with Gasteiger partial charge in [-0.1, -0.05) is 0 Å². The second kappa shape index (κ2) is 3.02. The molecule has 0 atom stereocenters. The number of nitrogens with zero attached hydrogens (tertiary/aromatic N) is 3. The highest BCUT2D eigenvalue weighted by molar-refractivity contribution is 5.69. The molecule has 72 valence electrons. The van der Waals surface area contributed by atoms with Crippen LogP contribution in [0.5, 0.6) is 0 Å². The van der Waals surface area contributed by atoms with Crippen LogP contribution in [0.1, 0.15) is 5.69 Å². The summed E-state index contributed by atoms with van der Waals surface area (Å²) < 4.78 is 1.29. The predicted octanol–water partition coefficient (Wildman–Crippen LogP) is 0.550. The summed E-state index contributed by atoms with van der Waals surface area (Å²) in [4.78, 5) is 8.25. The maximum absolute atomic E-state index is 5.72. The summed E-state index contributed by atoms with van der Waals surface area (Å²) in [5.74, 6) is 5.96. The van der Waals surface area contributed by atoms with Crippen molar-refractivity contribution >= 4 is 5.82 Å². The van der Waals surface area contributed by atoms with Crippen LogP contribution in [-0.4, -0.2) is 14.6 Å². The first-order chi connectivity index (χ1) is 6.68. The van der Waals surface area contributed by atoms with Crippen molar-refractivity contribution in [1.82, 2.24) is 14.6 Å². The first kappa shape index (κ1) is 8.55. The molecule has 0 spiro atoms. The highest BCUT2D eigenvalue weighted by Gasteiger charge is 2.07. The van der Waals surface area contributed by atoms with E-state index in [1.165, 1.54) is 11.0 Å². The molecule has 2 rings (SSSR count). The van der Waals surface area contributed by atoms with Crippen LogP contribution in [0.25, 0.3) is 11.3 Å². The van der Waals surface area contributed by atoms with E-state index >= 15 is 0 Å². The van der Waals surface area contributed by atoms with E-state index in [1.807, 2.05) is 19.1 Å². The van der Waals surface area contributed by atoms with Gasteiger partial charge in [-0.2, -0.15) is 0 Å². The number of rotatable bonds is 1. The molecule has 0 aromatic carbocycles. The van der Waals surface area contributed by atoms with Gasteiger partial charge in [0.25, 0.3) is 0 Å². The molecule has 5 nitrogen and oxygen atoms in total. The largest absolute Gasteiger partial charge is 0.382 e. The molecule has 4 N–H and O–H groups in total. The Labute approximate surface area is 81.4 Å². The molecule has 5 heteroatoms. The smallest absolute Gasteiger partial charge is 0.150 e. The summed E-state index contributed by atoms with van der Waals surface area (Å²) in [6, 6.07) is 3.82. The molecule has 0 saturated heterocycles. The third kappa shape index (κ3) is 1.28. The summed E-state index contributed by atoms with van der Waals surface area (Å²) in [5.41, 5.74) is 8.22. The fraction of sp³-hybridized carbons (Fsp3) is 0.111. The number of imidazole rings is 1. The minimum Gasteiger partial charge on any atom is -0.382 e. The lowest BCUT2D eigenvalue weighted by Crippen LogP contribution is -2.09. The van der Waals surface area contributed by atoms with Crippen molar-refractivity contribution in [3.63, 3.8) is 0 Å². The number of pyridine rings is 1. The Bertz CT molecular complexity index is 443. The molecule has 0 unspecified atom stereocenters. The maximum atomic E-state index is 5.72. The summed E-state index contributed by atoms with van der Waals surface area (Å²) in [6.45, 7) is 1.93. The second-order valence-electron chi connectivity index (χ2n) is 3.07. The van der Waals surface area contributed by atoms with Crippen molar-refractivity contribution < 1.29 is 0 Å². The maximum Gasteiger partial charge on any atom is 0.150 e. The third-order valence-corrected chi connectivity index (χ3v) is 2.02. The van der Waals surface area contributed by atoms with E-state index in [0.717, 1.165) is 11.3 Å². The number of hydrogen-bond donors (Lipinski definition) is 2. The van der Waals surface area contributed by atoms with Gasteiger partial charge in [-0.3, -0.25) is 4.98 Å². The quantitative estimate of drug-likeness (QED) is 0.642. The van der Waals surface area contributed by atoms with Crippen LogP contribution >= 0.6 is 0 Å². The minimum absolute atomic E-state index is 0.440. The zero-order valence-corrected chi connectivity index (χ0v) is 7.81. The van der Waals surface area contributed by atoms with Gasteiger partial charge in [0.2, 0.25) is 0 Å². The monoisotopic (exact) mass is 189 g/mol. The van der Waals surface area contributed by atoms with Gasteiger partial charge in [0.15, 0.2) is 5.82 Å². The number of aromatic nitrogens is 3. The Morgan fingerprint density at radius 2 is 2.07 bits per heavy atom. The van der Waals surface area contributed by atoms with E-state index in [0.29, 0.717) is 11.5 Å². The van der Waals surface area contributed by atoms with Crippen molar-refractivity contribution in [3.05, 3.63) is 30.4 Å². The molecule has 14 heavy (non-hydrogen) atoms. The average molecular weight is 189 g/mol. The first-order valence-electron chi connectivity index (χ1n) is 4.19. The number of nitrogen functional groups attached to an aromatic ring is 2. The lowest BCUT2D eigenvalue weighted by atomic mass is 10.2. The van der Waals surface area contributed by atoms with Crippen molar-refractivity contribution in [2.24, 2.45) is 0 Å². The Hall–Kier alpha value is -2.04. The van der Waals surface area contributed by atoms with Crippen molar-refractivity contribution in [3.8, 4) is 11.3 Å². The molecular weight excluding hydrogens is 178 g/mol. The molecule has 0 bridgehead atoms.